The quantitative estimate of drug-likeness (QED) is 0.422. The van der Waals surface area contributed by atoms with Gasteiger partial charge in [0.25, 0.3) is 0 Å². The molecule has 80 valence electrons. The number of nitrogens with zero attached hydrogens (tertiary/aromatic N) is 1. The Balaban J connectivity index is 1.75. The molecule has 1 aliphatic heterocycles. The second kappa shape index (κ2) is 4.28. The van der Waals surface area contributed by atoms with Crippen molar-refractivity contribution in [2.75, 3.05) is 6.61 Å². The van der Waals surface area contributed by atoms with Crippen LogP contribution in [-0.2, 0) is 9.47 Å². The molecule has 0 bridgehead atoms. The van der Waals surface area contributed by atoms with Crippen molar-refractivity contribution < 1.29 is 9.47 Å². The van der Waals surface area contributed by atoms with Crippen LogP contribution in [0.2, 0.25) is 0 Å². The first-order valence-electron chi connectivity index (χ1n) is 5.37. The van der Waals surface area contributed by atoms with Gasteiger partial charge in [0.05, 0.1) is 0 Å². The standard InChI is InChI=1S/C10H18N2O2/c1-2-13-10-9(14-10)7-3-5-8(12-11)6-4-7/h7,9-10H,2-6,11H2,1H3. The number of hydrogen-bond donors (Lipinski definition) is 1. The second-order valence-corrected chi connectivity index (χ2v) is 3.96. The van der Waals surface area contributed by atoms with Crippen molar-refractivity contribution >= 4 is 5.71 Å². The molecule has 4 nitrogen and oxygen atoms in total. The van der Waals surface area contributed by atoms with E-state index < -0.39 is 0 Å². The van der Waals surface area contributed by atoms with E-state index in [0.717, 1.165) is 38.0 Å². The van der Waals surface area contributed by atoms with Gasteiger partial charge in [-0.15, -0.1) is 0 Å². The van der Waals surface area contributed by atoms with E-state index in [4.69, 9.17) is 15.3 Å². The first-order chi connectivity index (χ1) is 6.85. The third-order valence-electron chi connectivity index (χ3n) is 3.07. The summed E-state index contributed by atoms with van der Waals surface area (Å²) in [5, 5.41) is 3.76. The molecule has 0 spiro atoms. The maximum Gasteiger partial charge on any atom is 0.184 e. The fourth-order valence-corrected chi connectivity index (χ4v) is 2.17. The van der Waals surface area contributed by atoms with Gasteiger partial charge in [-0.3, -0.25) is 0 Å². The maximum absolute atomic E-state index is 5.47. The Morgan fingerprint density at radius 3 is 2.79 bits per heavy atom. The molecule has 0 aromatic carbocycles. The minimum absolute atomic E-state index is 0.0707. The zero-order chi connectivity index (χ0) is 9.97. The monoisotopic (exact) mass is 198 g/mol. The van der Waals surface area contributed by atoms with Crippen LogP contribution in [0.5, 0.6) is 0 Å². The van der Waals surface area contributed by atoms with Crippen LogP contribution in [0.4, 0.5) is 0 Å². The van der Waals surface area contributed by atoms with Gasteiger partial charge in [0.1, 0.15) is 6.10 Å². The van der Waals surface area contributed by atoms with Crippen LogP contribution in [0.15, 0.2) is 5.10 Å². The van der Waals surface area contributed by atoms with Gasteiger partial charge in [-0.05, 0) is 38.5 Å². The molecule has 4 heteroatoms. The second-order valence-electron chi connectivity index (χ2n) is 3.96. The molecule has 2 rings (SSSR count). The Morgan fingerprint density at radius 1 is 1.50 bits per heavy atom. The van der Waals surface area contributed by atoms with Gasteiger partial charge in [0.2, 0.25) is 0 Å². The van der Waals surface area contributed by atoms with Crippen molar-refractivity contribution in [3.8, 4) is 0 Å². The van der Waals surface area contributed by atoms with E-state index in [1.54, 1.807) is 0 Å². The zero-order valence-corrected chi connectivity index (χ0v) is 8.61. The summed E-state index contributed by atoms with van der Waals surface area (Å²) >= 11 is 0. The molecule has 0 radical (unpaired) electrons. The molecule has 0 aromatic heterocycles. The number of rotatable bonds is 3. The first-order valence-corrected chi connectivity index (χ1v) is 5.37. The van der Waals surface area contributed by atoms with Crippen molar-refractivity contribution in [1.29, 1.82) is 0 Å². The van der Waals surface area contributed by atoms with Crippen molar-refractivity contribution in [2.45, 2.75) is 45.0 Å². The van der Waals surface area contributed by atoms with Crippen molar-refractivity contribution in [3.63, 3.8) is 0 Å². The Morgan fingerprint density at radius 2 is 2.21 bits per heavy atom. The number of hydrogen-bond acceptors (Lipinski definition) is 4. The van der Waals surface area contributed by atoms with Crippen molar-refractivity contribution in [2.24, 2.45) is 16.9 Å². The predicted octanol–water partition coefficient (Wildman–Crippen LogP) is 1.25. The van der Waals surface area contributed by atoms with Gasteiger partial charge in [-0.25, -0.2) is 0 Å². The van der Waals surface area contributed by atoms with E-state index in [2.05, 4.69) is 5.10 Å². The van der Waals surface area contributed by atoms with Crippen LogP contribution in [0, 0.1) is 5.92 Å². The molecule has 2 aliphatic rings. The summed E-state index contributed by atoms with van der Waals surface area (Å²) in [7, 11) is 0. The molecule has 2 atom stereocenters. The summed E-state index contributed by atoms with van der Waals surface area (Å²) < 4.78 is 10.9. The lowest BCUT2D eigenvalue weighted by atomic mass is 9.86. The third kappa shape index (κ3) is 2.07. The lowest BCUT2D eigenvalue weighted by molar-refractivity contribution is 0.0592. The predicted molar refractivity (Wildman–Crippen MR) is 53.9 cm³/mol. The van der Waals surface area contributed by atoms with Gasteiger partial charge in [-0.1, -0.05) is 0 Å². The lowest BCUT2D eigenvalue weighted by Gasteiger charge is -2.20. The largest absolute Gasteiger partial charge is 0.350 e. The molecule has 14 heavy (non-hydrogen) atoms. The minimum Gasteiger partial charge on any atom is -0.350 e. The fourth-order valence-electron chi connectivity index (χ4n) is 2.17. The van der Waals surface area contributed by atoms with E-state index in [1.807, 2.05) is 6.92 Å². The van der Waals surface area contributed by atoms with Crippen LogP contribution in [0.3, 0.4) is 0 Å². The highest BCUT2D eigenvalue weighted by atomic mass is 16.8. The van der Waals surface area contributed by atoms with Crippen molar-refractivity contribution in [1.82, 2.24) is 0 Å². The smallest absolute Gasteiger partial charge is 0.184 e. The van der Waals surface area contributed by atoms with Gasteiger partial charge >= 0.3 is 0 Å². The number of nitrogens with two attached hydrogens (primary N) is 1. The topological polar surface area (TPSA) is 60.1 Å². The Labute approximate surface area is 84.4 Å². The molecular weight excluding hydrogens is 180 g/mol. The van der Waals surface area contributed by atoms with Gasteiger partial charge in [0.15, 0.2) is 6.29 Å². The van der Waals surface area contributed by atoms with E-state index in [1.165, 1.54) is 0 Å². The highest BCUT2D eigenvalue weighted by Gasteiger charge is 2.46. The third-order valence-corrected chi connectivity index (χ3v) is 3.07. The lowest BCUT2D eigenvalue weighted by Crippen LogP contribution is -2.21. The van der Waals surface area contributed by atoms with E-state index in [-0.39, 0.29) is 6.29 Å². The Kier molecular flexibility index (Phi) is 3.03. The van der Waals surface area contributed by atoms with Gasteiger partial charge in [0, 0.05) is 12.3 Å². The fraction of sp³-hybridized carbons (Fsp3) is 0.900. The van der Waals surface area contributed by atoms with Crippen LogP contribution < -0.4 is 5.84 Å². The van der Waals surface area contributed by atoms with E-state index in [0.29, 0.717) is 12.0 Å². The maximum atomic E-state index is 5.47. The van der Waals surface area contributed by atoms with E-state index >= 15 is 0 Å². The number of ether oxygens (including phenoxy) is 2. The normalized spacial score (nSPS) is 36.9. The van der Waals surface area contributed by atoms with Gasteiger partial charge in [-0.2, -0.15) is 5.10 Å². The molecule has 1 saturated carbocycles. The molecule has 2 fully saturated rings. The summed E-state index contributed by atoms with van der Waals surface area (Å²) in [5.41, 5.74) is 1.15. The molecule has 2 unspecified atom stereocenters. The molecule has 1 heterocycles. The average Bonchev–Trinajstić information content (AvgIpc) is 2.98. The highest BCUT2D eigenvalue weighted by Crippen LogP contribution is 2.38. The van der Waals surface area contributed by atoms with Crippen molar-refractivity contribution in [3.05, 3.63) is 0 Å². The summed E-state index contributed by atoms with van der Waals surface area (Å²) in [5.74, 6) is 5.90. The minimum atomic E-state index is 0.0707. The summed E-state index contributed by atoms with van der Waals surface area (Å²) in [6, 6.07) is 0. The first kappa shape index (κ1) is 9.93. The molecular formula is C10H18N2O2. The van der Waals surface area contributed by atoms with Crippen LogP contribution in [0.1, 0.15) is 32.6 Å². The summed E-state index contributed by atoms with van der Waals surface area (Å²) in [6.07, 6.45) is 4.75. The van der Waals surface area contributed by atoms with Gasteiger partial charge < -0.3 is 15.3 Å². The molecule has 1 saturated heterocycles. The van der Waals surface area contributed by atoms with Crippen LogP contribution in [0.25, 0.3) is 0 Å². The zero-order valence-electron chi connectivity index (χ0n) is 8.61. The molecule has 0 amide bonds. The highest BCUT2D eigenvalue weighted by molar-refractivity contribution is 5.84. The number of hydrazone groups is 1. The molecule has 1 aliphatic carbocycles. The summed E-state index contributed by atoms with van der Waals surface area (Å²) in [6.45, 7) is 2.74. The molecule has 2 N–H and O–H groups in total. The number of epoxide rings is 1. The van der Waals surface area contributed by atoms with Crippen LogP contribution >= 0.6 is 0 Å². The van der Waals surface area contributed by atoms with Crippen LogP contribution in [-0.4, -0.2) is 24.7 Å². The molecule has 0 aromatic rings. The Bertz CT molecular complexity index is 220. The Hall–Kier alpha value is -0.610. The SMILES string of the molecule is CCOC1OC1C1CCC(=NN)CC1. The average molecular weight is 198 g/mol. The van der Waals surface area contributed by atoms with E-state index in [9.17, 15) is 0 Å². The summed E-state index contributed by atoms with van der Waals surface area (Å²) in [4.78, 5) is 0.